The molecular weight excluding hydrogens is 234 g/mol. The van der Waals surface area contributed by atoms with E-state index in [4.69, 9.17) is 0 Å². The molecule has 18 heavy (non-hydrogen) atoms. The van der Waals surface area contributed by atoms with Crippen LogP contribution in [-0.2, 0) is 0 Å². The van der Waals surface area contributed by atoms with Crippen LogP contribution in [0.5, 0.6) is 0 Å². The topological polar surface area (TPSA) is 15.3 Å². The van der Waals surface area contributed by atoms with Crippen molar-refractivity contribution in [3.63, 3.8) is 0 Å². The molecule has 0 aliphatic carbocycles. The maximum Gasteiger partial charge on any atom is 0.128 e. The van der Waals surface area contributed by atoms with Gasteiger partial charge in [0.1, 0.15) is 11.6 Å². The fraction of sp³-hybridized carbons (Fsp3) is 0.571. The third-order valence-electron chi connectivity index (χ3n) is 3.53. The maximum absolute atomic E-state index is 13.6. The predicted octanol–water partition coefficient (Wildman–Crippen LogP) is 2.71. The number of likely N-dealkylation sites (tertiary alicyclic amines) is 1. The third-order valence-corrected chi connectivity index (χ3v) is 3.53. The second-order valence-corrected chi connectivity index (χ2v) is 5.16. The Kier molecular flexibility index (Phi) is 4.30. The average molecular weight is 254 g/mol. The molecule has 1 saturated heterocycles. The molecule has 0 bridgehead atoms. The zero-order chi connectivity index (χ0) is 13.1. The smallest absolute Gasteiger partial charge is 0.128 e. The van der Waals surface area contributed by atoms with Crippen molar-refractivity contribution >= 4 is 0 Å². The number of benzene rings is 1. The lowest BCUT2D eigenvalue weighted by atomic mass is 10.0. The van der Waals surface area contributed by atoms with Crippen molar-refractivity contribution in [3.8, 4) is 0 Å². The van der Waals surface area contributed by atoms with E-state index in [1.165, 1.54) is 12.1 Å². The summed E-state index contributed by atoms with van der Waals surface area (Å²) in [6.45, 7) is 3.95. The van der Waals surface area contributed by atoms with Crippen LogP contribution in [0.2, 0.25) is 0 Å². The Bertz CT molecular complexity index is 409. The van der Waals surface area contributed by atoms with E-state index in [2.05, 4.69) is 17.3 Å². The molecule has 2 rings (SSSR count). The summed E-state index contributed by atoms with van der Waals surface area (Å²) in [6, 6.07) is 3.80. The van der Waals surface area contributed by atoms with E-state index in [-0.39, 0.29) is 17.7 Å². The Labute approximate surface area is 107 Å². The van der Waals surface area contributed by atoms with Gasteiger partial charge >= 0.3 is 0 Å². The van der Waals surface area contributed by atoms with Crippen LogP contribution in [0.4, 0.5) is 8.78 Å². The van der Waals surface area contributed by atoms with Crippen LogP contribution in [0.3, 0.4) is 0 Å². The molecule has 1 heterocycles. The van der Waals surface area contributed by atoms with Gasteiger partial charge in [-0.15, -0.1) is 0 Å². The van der Waals surface area contributed by atoms with Gasteiger partial charge in [-0.05, 0) is 51.6 Å². The minimum Gasteiger partial charge on any atom is -0.306 e. The quantitative estimate of drug-likeness (QED) is 0.892. The number of nitrogens with zero attached hydrogens (tertiary/aromatic N) is 1. The van der Waals surface area contributed by atoms with E-state index in [1.54, 1.807) is 0 Å². The highest BCUT2D eigenvalue weighted by atomic mass is 19.1. The number of hydrogen-bond acceptors (Lipinski definition) is 2. The zero-order valence-electron chi connectivity index (χ0n) is 10.9. The van der Waals surface area contributed by atoms with Crippen molar-refractivity contribution < 1.29 is 8.78 Å². The summed E-state index contributed by atoms with van der Waals surface area (Å²) in [4.78, 5) is 2.26. The number of piperidine rings is 1. The van der Waals surface area contributed by atoms with E-state index < -0.39 is 0 Å². The number of nitrogens with one attached hydrogen (secondary N) is 1. The van der Waals surface area contributed by atoms with Crippen LogP contribution in [-0.4, -0.2) is 31.1 Å². The molecule has 2 nitrogen and oxygen atoms in total. The molecule has 1 aromatic carbocycles. The van der Waals surface area contributed by atoms with Crippen LogP contribution < -0.4 is 5.32 Å². The van der Waals surface area contributed by atoms with Crippen LogP contribution in [0.1, 0.15) is 31.4 Å². The van der Waals surface area contributed by atoms with Gasteiger partial charge in [-0.1, -0.05) is 0 Å². The molecule has 1 aliphatic rings. The van der Waals surface area contributed by atoms with Gasteiger partial charge in [0.2, 0.25) is 0 Å². The lowest BCUT2D eigenvalue weighted by Crippen LogP contribution is -2.44. The molecule has 1 aliphatic heterocycles. The fourth-order valence-corrected chi connectivity index (χ4v) is 2.59. The lowest BCUT2D eigenvalue weighted by molar-refractivity contribution is 0.218. The summed E-state index contributed by atoms with van der Waals surface area (Å²) in [6.07, 6.45) is 2.23. The second kappa shape index (κ2) is 5.76. The van der Waals surface area contributed by atoms with Gasteiger partial charge in [-0.25, -0.2) is 8.78 Å². The van der Waals surface area contributed by atoms with Crippen LogP contribution in [0.15, 0.2) is 18.2 Å². The standard InChI is InChI=1S/C14H20F2N2/c1-10(13-8-11(15)5-6-14(13)16)17-12-4-3-7-18(2)9-12/h5-6,8,10,12,17H,3-4,7,9H2,1-2H3. The average Bonchev–Trinajstić information content (AvgIpc) is 2.32. The van der Waals surface area contributed by atoms with Gasteiger partial charge in [0.25, 0.3) is 0 Å². The van der Waals surface area contributed by atoms with Gasteiger partial charge in [-0.2, -0.15) is 0 Å². The second-order valence-electron chi connectivity index (χ2n) is 5.16. The largest absolute Gasteiger partial charge is 0.306 e. The number of hydrogen-bond donors (Lipinski definition) is 1. The van der Waals surface area contributed by atoms with E-state index in [9.17, 15) is 8.78 Å². The summed E-state index contributed by atoms with van der Waals surface area (Å²) in [7, 11) is 2.08. The Hall–Kier alpha value is -1.00. The monoisotopic (exact) mass is 254 g/mol. The van der Waals surface area contributed by atoms with Gasteiger partial charge in [0.15, 0.2) is 0 Å². The first-order chi connectivity index (χ1) is 8.56. The van der Waals surface area contributed by atoms with Crippen molar-refractivity contribution in [2.45, 2.75) is 31.8 Å². The van der Waals surface area contributed by atoms with Crippen molar-refractivity contribution in [2.75, 3.05) is 20.1 Å². The molecule has 0 radical (unpaired) electrons. The van der Waals surface area contributed by atoms with Crippen LogP contribution >= 0.6 is 0 Å². The molecule has 2 atom stereocenters. The SMILES string of the molecule is CC(NC1CCCN(C)C1)c1cc(F)ccc1F. The van der Waals surface area contributed by atoms with Gasteiger partial charge in [0, 0.05) is 24.2 Å². The Morgan fingerprint density at radius 2 is 2.17 bits per heavy atom. The highest BCUT2D eigenvalue weighted by molar-refractivity contribution is 5.22. The van der Waals surface area contributed by atoms with Crippen molar-refractivity contribution in [1.82, 2.24) is 10.2 Å². The lowest BCUT2D eigenvalue weighted by Gasteiger charge is -2.32. The maximum atomic E-state index is 13.6. The fourth-order valence-electron chi connectivity index (χ4n) is 2.59. The zero-order valence-corrected chi connectivity index (χ0v) is 10.9. The van der Waals surface area contributed by atoms with Crippen LogP contribution in [0.25, 0.3) is 0 Å². The Balaban J connectivity index is 2.02. The first-order valence-electron chi connectivity index (χ1n) is 6.46. The minimum atomic E-state index is -0.388. The summed E-state index contributed by atoms with van der Waals surface area (Å²) in [5, 5.41) is 3.39. The number of rotatable bonds is 3. The summed E-state index contributed by atoms with van der Waals surface area (Å²) in [5.74, 6) is -0.735. The van der Waals surface area contributed by atoms with E-state index in [0.29, 0.717) is 11.6 Å². The molecular formula is C14H20F2N2. The van der Waals surface area contributed by atoms with Gasteiger partial charge < -0.3 is 10.2 Å². The molecule has 1 aromatic rings. The molecule has 0 aromatic heterocycles. The highest BCUT2D eigenvalue weighted by Crippen LogP contribution is 2.20. The first kappa shape index (κ1) is 13.4. The van der Waals surface area contributed by atoms with E-state index >= 15 is 0 Å². The highest BCUT2D eigenvalue weighted by Gasteiger charge is 2.20. The van der Waals surface area contributed by atoms with Crippen LogP contribution in [0, 0.1) is 11.6 Å². The van der Waals surface area contributed by atoms with E-state index in [1.807, 2.05) is 6.92 Å². The molecule has 0 spiro atoms. The predicted molar refractivity (Wildman–Crippen MR) is 68.4 cm³/mol. The van der Waals surface area contributed by atoms with Crippen molar-refractivity contribution in [3.05, 3.63) is 35.4 Å². The summed E-state index contributed by atoms with van der Waals surface area (Å²) in [5.41, 5.74) is 0.406. The first-order valence-corrected chi connectivity index (χ1v) is 6.46. The molecule has 0 amide bonds. The molecule has 0 saturated carbocycles. The van der Waals surface area contributed by atoms with E-state index in [0.717, 1.165) is 32.0 Å². The van der Waals surface area contributed by atoms with Crippen molar-refractivity contribution in [2.24, 2.45) is 0 Å². The third kappa shape index (κ3) is 3.27. The van der Waals surface area contributed by atoms with Crippen molar-refractivity contribution in [1.29, 1.82) is 0 Å². The molecule has 1 fully saturated rings. The summed E-state index contributed by atoms with van der Waals surface area (Å²) >= 11 is 0. The summed E-state index contributed by atoms with van der Waals surface area (Å²) < 4.78 is 26.8. The molecule has 1 N–H and O–H groups in total. The number of halogens is 2. The molecule has 100 valence electrons. The van der Waals surface area contributed by atoms with Gasteiger partial charge in [-0.3, -0.25) is 0 Å². The Morgan fingerprint density at radius 1 is 1.39 bits per heavy atom. The number of likely N-dealkylation sites (N-methyl/N-ethyl adjacent to an activating group) is 1. The molecule has 2 unspecified atom stereocenters. The van der Waals surface area contributed by atoms with Gasteiger partial charge in [0.05, 0.1) is 0 Å². The Morgan fingerprint density at radius 3 is 2.89 bits per heavy atom. The minimum absolute atomic E-state index is 0.169. The normalized spacial score (nSPS) is 23.0. The molecule has 4 heteroatoms.